The van der Waals surface area contributed by atoms with Crippen molar-refractivity contribution in [2.24, 2.45) is 4.99 Å². The van der Waals surface area contributed by atoms with Gasteiger partial charge < -0.3 is 10.6 Å². The molecule has 2 aliphatic rings. The van der Waals surface area contributed by atoms with E-state index in [0.717, 1.165) is 25.3 Å². The van der Waals surface area contributed by atoms with Crippen molar-refractivity contribution in [3.8, 4) is 0 Å². The van der Waals surface area contributed by atoms with Gasteiger partial charge in [0.15, 0.2) is 0 Å². The Bertz CT molecular complexity index is 444. The molecule has 1 aromatic rings. The molecule has 2 N–H and O–H groups in total. The van der Waals surface area contributed by atoms with E-state index in [1.54, 1.807) is 6.07 Å². The Kier molecular flexibility index (Phi) is 2.81. The Morgan fingerprint density at radius 2 is 2.24 bits per heavy atom. The van der Waals surface area contributed by atoms with Gasteiger partial charge in [0.1, 0.15) is 11.7 Å². The normalized spacial score (nSPS) is 27.2. The summed E-state index contributed by atoms with van der Waals surface area (Å²) in [6, 6.07) is 7.66. The molecule has 2 unspecified atom stereocenters. The zero-order chi connectivity index (χ0) is 11.7. The molecule has 90 valence electrons. The number of piperidine rings is 1. The topological polar surface area (TPSA) is 36.4 Å². The minimum absolute atomic E-state index is 0.148. The van der Waals surface area contributed by atoms with Gasteiger partial charge in [0.05, 0.1) is 12.1 Å². The van der Waals surface area contributed by atoms with Crippen LogP contribution in [0.4, 0.5) is 4.39 Å². The summed E-state index contributed by atoms with van der Waals surface area (Å²) in [5.41, 5.74) is 0.713. The zero-order valence-corrected chi connectivity index (χ0v) is 9.62. The van der Waals surface area contributed by atoms with Crippen molar-refractivity contribution < 1.29 is 4.39 Å². The number of amidine groups is 1. The summed E-state index contributed by atoms with van der Waals surface area (Å²) in [6.45, 7) is 1.98. The standard InChI is InChI=1S/C13H16FN3/c14-10-4-2-1-3-9(10)7-13-16-11-5-6-15-8-12(11)17-13/h1-4,11-12,15H,5-8H2,(H,16,17). The van der Waals surface area contributed by atoms with Crippen molar-refractivity contribution in [1.82, 2.24) is 10.6 Å². The van der Waals surface area contributed by atoms with Crippen LogP contribution in [0, 0.1) is 5.82 Å². The minimum Gasteiger partial charge on any atom is -0.367 e. The maximum atomic E-state index is 13.5. The number of benzene rings is 1. The molecule has 1 aromatic carbocycles. The van der Waals surface area contributed by atoms with Crippen LogP contribution in [0.15, 0.2) is 29.3 Å². The van der Waals surface area contributed by atoms with Gasteiger partial charge in [-0.3, -0.25) is 4.99 Å². The fourth-order valence-electron chi connectivity index (χ4n) is 2.52. The third kappa shape index (κ3) is 2.17. The second-order valence-corrected chi connectivity index (χ2v) is 4.65. The highest BCUT2D eigenvalue weighted by Crippen LogP contribution is 2.16. The fraction of sp³-hybridized carbons (Fsp3) is 0.462. The van der Waals surface area contributed by atoms with Crippen molar-refractivity contribution in [1.29, 1.82) is 0 Å². The lowest BCUT2D eigenvalue weighted by Gasteiger charge is -2.24. The van der Waals surface area contributed by atoms with Gasteiger partial charge >= 0.3 is 0 Å². The van der Waals surface area contributed by atoms with Gasteiger partial charge in [-0.15, -0.1) is 0 Å². The van der Waals surface area contributed by atoms with E-state index in [2.05, 4.69) is 15.6 Å². The van der Waals surface area contributed by atoms with E-state index >= 15 is 0 Å². The summed E-state index contributed by atoms with van der Waals surface area (Å²) in [4.78, 5) is 4.65. The number of fused-ring (bicyclic) bond motifs is 1. The van der Waals surface area contributed by atoms with Crippen LogP contribution in [0.3, 0.4) is 0 Å². The molecule has 17 heavy (non-hydrogen) atoms. The van der Waals surface area contributed by atoms with E-state index in [-0.39, 0.29) is 5.82 Å². The quantitative estimate of drug-likeness (QED) is 0.802. The van der Waals surface area contributed by atoms with Crippen molar-refractivity contribution in [3.63, 3.8) is 0 Å². The first-order chi connectivity index (χ1) is 8.33. The van der Waals surface area contributed by atoms with E-state index < -0.39 is 0 Å². The summed E-state index contributed by atoms with van der Waals surface area (Å²) in [6.07, 6.45) is 1.64. The van der Waals surface area contributed by atoms with E-state index in [1.165, 1.54) is 6.07 Å². The molecule has 0 radical (unpaired) electrons. The van der Waals surface area contributed by atoms with Gasteiger partial charge in [-0.1, -0.05) is 18.2 Å². The first-order valence-electron chi connectivity index (χ1n) is 6.10. The predicted molar refractivity (Wildman–Crippen MR) is 65.7 cm³/mol. The molecular formula is C13H16FN3. The number of rotatable bonds is 2. The molecule has 0 aromatic heterocycles. The summed E-state index contributed by atoms with van der Waals surface area (Å²) in [7, 11) is 0. The predicted octanol–water partition coefficient (Wildman–Crippen LogP) is 1.10. The number of nitrogens with one attached hydrogen (secondary N) is 2. The first-order valence-corrected chi connectivity index (χ1v) is 6.10. The summed E-state index contributed by atoms with van der Waals surface area (Å²) < 4.78 is 13.5. The molecule has 1 saturated heterocycles. The molecule has 0 spiro atoms. The van der Waals surface area contributed by atoms with Crippen molar-refractivity contribution in [2.45, 2.75) is 24.9 Å². The molecular weight excluding hydrogens is 217 g/mol. The Balaban J connectivity index is 1.72. The van der Waals surface area contributed by atoms with Gasteiger partial charge in [0.2, 0.25) is 0 Å². The number of hydrogen-bond donors (Lipinski definition) is 2. The lowest BCUT2D eigenvalue weighted by Crippen LogP contribution is -2.48. The molecule has 3 nitrogen and oxygen atoms in total. The smallest absolute Gasteiger partial charge is 0.126 e. The Hall–Kier alpha value is -1.42. The highest BCUT2D eigenvalue weighted by atomic mass is 19.1. The largest absolute Gasteiger partial charge is 0.367 e. The van der Waals surface area contributed by atoms with Crippen LogP contribution in [-0.2, 0) is 6.42 Å². The summed E-state index contributed by atoms with van der Waals surface area (Å²) in [5, 5.41) is 6.73. The summed E-state index contributed by atoms with van der Waals surface area (Å²) >= 11 is 0. The van der Waals surface area contributed by atoms with Gasteiger partial charge in [-0.2, -0.15) is 0 Å². The zero-order valence-electron chi connectivity index (χ0n) is 9.62. The van der Waals surface area contributed by atoms with Crippen molar-refractivity contribution in [2.75, 3.05) is 13.1 Å². The van der Waals surface area contributed by atoms with E-state index in [4.69, 9.17) is 0 Å². The molecule has 1 fully saturated rings. The third-order valence-corrected chi connectivity index (χ3v) is 3.43. The molecule has 0 amide bonds. The minimum atomic E-state index is -0.148. The maximum Gasteiger partial charge on any atom is 0.126 e. The SMILES string of the molecule is Fc1ccccc1CC1=NC2CCNCC2N1. The molecule has 0 aliphatic carbocycles. The Morgan fingerprint density at radius 1 is 1.35 bits per heavy atom. The van der Waals surface area contributed by atoms with Crippen LogP contribution in [0.5, 0.6) is 0 Å². The first kappa shape index (κ1) is 10.7. The number of halogens is 1. The molecule has 2 aliphatic heterocycles. The van der Waals surface area contributed by atoms with Gasteiger partial charge in [-0.25, -0.2) is 4.39 Å². The molecule has 2 atom stereocenters. The Labute approximate surface area is 100 Å². The average Bonchev–Trinajstić information content (AvgIpc) is 2.74. The van der Waals surface area contributed by atoms with Crippen molar-refractivity contribution >= 4 is 5.84 Å². The lowest BCUT2D eigenvalue weighted by atomic mass is 10.0. The van der Waals surface area contributed by atoms with E-state index in [0.29, 0.717) is 24.1 Å². The van der Waals surface area contributed by atoms with Crippen LogP contribution in [0.25, 0.3) is 0 Å². The number of nitrogens with zero attached hydrogens (tertiary/aromatic N) is 1. The van der Waals surface area contributed by atoms with Gasteiger partial charge in [0, 0.05) is 13.0 Å². The second kappa shape index (κ2) is 4.45. The maximum absolute atomic E-state index is 13.5. The molecule has 0 saturated carbocycles. The van der Waals surface area contributed by atoms with Crippen molar-refractivity contribution in [3.05, 3.63) is 35.6 Å². The van der Waals surface area contributed by atoms with Crippen LogP contribution in [-0.4, -0.2) is 31.0 Å². The van der Waals surface area contributed by atoms with Crippen LogP contribution in [0.1, 0.15) is 12.0 Å². The second-order valence-electron chi connectivity index (χ2n) is 4.65. The van der Waals surface area contributed by atoms with Crippen LogP contribution in [0.2, 0.25) is 0 Å². The van der Waals surface area contributed by atoms with E-state index in [1.807, 2.05) is 12.1 Å². The van der Waals surface area contributed by atoms with Crippen LogP contribution < -0.4 is 10.6 Å². The monoisotopic (exact) mass is 233 g/mol. The average molecular weight is 233 g/mol. The lowest BCUT2D eigenvalue weighted by molar-refractivity contribution is 0.402. The molecule has 4 heteroatoms. The van der Waals surface area contributed by atoms with Gasteiger partial charge in [0.25, 0.3) is 0 Å². The van der Waals surface area contributed by atoms with Gasteiger partial charge in [-0.05, 0) is 24.6 Å². The molecule has 0 bridgehead atoms. The Morgan fingerprint density at radius 3 is 3.06 bits per heavy atom. The third-order valence-electron chi connectivity index (χ3n) is 3.43. The molecule has 3 rings (SSSR count). The fourth-order valence-corrected chi connectivity index (χ4v) is 2.52. The molecule has 2 heterocycles. The highest BCUT2D eigenvalue weighted by molar-refractivity contribution is 5.86. The number of hydrogen-bond acceptors (Lipinski definition) is 3. The van der Waals surface area contributed by atoms with E-state index in [9.17, 15) is 4.39 Å². The number of aliphatic imine (C=N–C) groups is 1. The summed E-state index contributed by atoms with van der Waals surface area (Å²) in [5.74, 6) is 0.777. The van der Waals surface area contributed by atoms with Crippen LogP contribution >= 0.6 is 0 Å². The highest BCUT2D eigenvalue weighted by Gasteiger charge is 2.30.